The van der Waals surface area contributed by atoms with Crippen LogP contribution in [0.4, 0.5) is 0 Å². The Kier molecular flexibility index (Phi) is 4.14. The van der Waals surface area contributed by atoms with Crippen LogP contribution in [0.3, 0.4) is 0 Å². The first-order valence-electron chi connectivity index (χ1n) is 6.43. The fraction of sp³-hybridized carbons (Fsp3) is 0.308. The molecule has 0 aliphatic rings. The normalized spacial score (nSPS) is 12.0. The van der Waals surface area contributed by atoms with Crippen molar-refractivity contribution in [3.05, 3.63) is 38.9 Å². The van der Waals surface area contributed by atoms with Gasteiger partial charge in [0, 0.05) is 21.1 Å². The molecule has 1 aromatic carbocycles. The number of sulfonamides is 1. The zero-order chi connectivity index (χ0) is 17.5. The Labute approximate surface area is 131 Å². The molecule has 0 spiro atoms. The van der Waals surface area contributed by atoms with E-state index in [1.807, 2.05) is 0 Å². The topological polar surface area (TPSA) is 122 Å². The van der Waals surface area contributed by atoms with Crippen LogP contribution in [0.25, 0.3) is 11.0 Å². The first-order valence-corrected chi connectivity index (χ1v) is 7.87. The first kappa shape index (κ1) is 16.9. The van der Waals surface area contributed by atoms with E-state index >= 15 is 0 Å². The standard InChI is InChI=1S/C13H15N3O6S/c1-14(7-11(17)18)23(21,22)8-4-5-9-10(6-8)16(3)13(20)12(19)15(9)2/h4-6H,7H2,1-3H3,(H,17,18)/p-1. The predicted molar refractivity (Wildman–Crippen MR) is 79.3 cm³/mol. The van der Waals surface area contributed by atoms with Gasteiger partial charge in [0.25, 0.3) is 0 Å². The van der Waals surface area contributed by atoms with Crippen LogP contribution < -0.4 is 16.2 Å². The van der Waals surface area contributed by atoms with Gasteiger partial charge in [-0.05, 0) is 18.2 Å². The highest BCUT2D eigenvalue weighted by Crippen LogP contribution is 2.19. The first-order chi connectivity index (χ1) is 10.6. The average Bonchev–Trinajstić information content (AvgIpc) is 2.49. The number of hydrogen-bond acceptors (Lipinski definition) is 6. The van der Waals surface area contributed by atoms with Gasteiger partial charge in [0.2, 0.25) is 10.0 Å². The number of hydrogen-bond donors (Lipinski definition) is 0. The van der Waals surface area contributed by atoms with Crippen molar-refractivity contribution >= 4 is 27.0 Å². The lowest BCUT2D eigenvalue weighted by Gasteiger charge is -2.18. The van der Waals surface area contributed by atoms with E-state index in [4.69, 9.17) is 0 Å². The smallest absolute Gasteiger partial charge is 0.316 e. The molecule has 124 valence electrons. The summed E-state index contributed by atoms with van der Waals surface area (Å²) in [7, 11) is -0.202. The molecular formula is C13H14N3O6S-. The maximum absolute atomic E-state index is 12.3. The van der Waals surface area contributed by atoms with Crippen molar-refractivity contribution in [2.24, 2.45) is 14.1 Å². The van der Waals surface area contributed by atoms with Gasteiger partial charge in [-0.1, -0.05) is 0 Å². The van der Waals surface area contributed by atoms with Gasteiger partial charge in [0.15, 0.2) is 0 Å². The Morgan fingerprint density at radius 3 is 2.17 bits per heavy atom. The molecule has 2 rings (SSSR count). The summed E-state index contributed by atoms with van der Waals surface area (Å²) in [4.78, 5) is 34.0. The fourth-order valence-electron chi connectivity index (χ4n) is 2.17. The van der Waals surface area contributed by atoms with E-state index in [0.29, 0.717) is 9.82 Å². The van der Waals surface area contributed by atoms with Crippen molar-refractivity contribution in [2.75, 3.05) is 13.6 Å². The highest BCUT2D eigenvalue weighted by Gasteiger charge is 2.22. The second-order valence-electron chi connectivity index (χ2n) is 5.01. The van der Waals surface area contributed by atoms with Gasteiger partial charge in [0.05, 0.1) is 28.4 Å². The number of carboxylic acids is 1. The van der Waals surface area contributed by atoms with Crippen LogP contribution in [-0.4, -0.2) is 41.4 Å². The zero-order valence-corrected chi connectivity index (χ0v) is 13.5. The molecule has 0 aliphatic carbocycles. The van der Waals surface area contributed by atoms with Crippen molar-refractivity contribution in [1.82, 2.24) is 13.4 Å². The van der Waals surface area contributed by atoms with Crippen LogP contribution in [0.15, 0.2) is 32.7 Å². The molecular weight excluding hydrogens is 326 g/mol. The summed E-state index contributed by atoms with van der Waals surface area (Å²) < 4.78 is 27.5. The van der Waals surface area contributed by atoms with E-state index in [-0.39, 0.29) is 10.4 Å². The van der Waals surface area contributed by atoms with Crippen molar-refractivity contribution < 1.29 is 18.3 Å². The molecule has 0 radical (unpaired) electrons. The van der Waals surface area contributed by atoms with Crippen LogP contribution >= 0.6 is 0 Å². The van der Waals surface area contributed by atoms with E-state index in [1.165, 1.54) is 32.3 Å². The number of likely N-dealkylation sites (N-methyl/N-ethyl adjacent to an activating group) is 1. The highest BCUT2D eigenvalue weighted by molar-refractivity contribution is 7.89. The Morgan fingerprint density at radius 2 is 1.65 bits per heavy atom. The quantitative estimate of drug-likeness (QED) is 0.572. The second-order valence-corrected chi connectivity index (χ2v) is 7.06. The Morgan fingerprint density at radius 1 is 1.13 bits per heavy atom. The zero-order valence-electron chi connectivity index (χ0n) is 12.6. The summed E-state index contributed by atoms with van der Waals surface area (Å²) in [6.45, 7) is -0.799. The highest BCUT2D eigenvalue weighted by atomic mass is 32.2. The molecule has 0 saturated carbocycles. The van der Waals surface area contributed by atoms with Crippen LogP contribution in [0.5, 0.6) is 0 Å². The summed E-state index contributed by atoms with van der Waals surface area (Å²) in [6.07, 6.45) is 0. The summed E-state index contributed by atoms with van der Waals surface area (Å²) in [5.41, 5.74) is -0.916. The minimum absolute atomic E-state index is 0.192. The number of carboxylic acid groups (broad SMARTS) is 1. The number of nitrogens with zero attached hydrogens (tertiary/aromatic N) is 3. The Bertz CT molecular complexity index is 1020. The van der Waals surface area contributed by atoms with Crippen LogP contribution in [0.2, 0.25) is 0 Å². The largest absolute Gasteiger partial charge is 0.549 e. The molecule has 0 bridgehead atoms. The van der Waals surface area contributed by atoms with Gasteiger partial charge in [-0.2, -0.15) is 4.31 Å². The Hall–Kier alpha value is -2.46. The van der Waals surface area contributed by atoms with Crippen molar-refractivity contribution in [1.29, 1.82) is 0 Å². The van der Waals surface area contributed by atoms with E-state index < -0.39 is 33.7 Å². The number of fused-ring (bicyclic) bond motifs is 1. The summed E-state index contributed by atoms with van der Waals surface area (Å²) in [5.74, 6) is -1.54. The lowest BCUT2D eigenvalue weighted by Crippen LogP contribution is -2.40. The van der Waals surface area contributed by atoms with Gasteiger partial charge in [0.1, 0.15) is 0 Å². The van der Waals surface area contributed by atoms with Gasteiger partial charge in [-0.25, -0.2) is 8.42 Å². The number of aromatic nitrogens is 2. The number of carbonyl (C=O) groups excluding carboxylic acids is 1. The number of aryl methyl sites for hydroxylation is 2. The molecule has 0 unspecified atom stereocenters. The fourth-order valence-corrected chi connectivity index (χ4v) is 3.30. The molecule has 0 aliphatic heterocycles. The third-order valence-corrected chi connectivity index (χ3v) is 5.32. The minimum atomic E-state index is -4.07. The molecule has 0 saturated heterocycles. The monoisotopic (exact) mass is 340 g/mol. The SMILES string of the molecule is CN(CC(=O)[O-])S(=O)(=O)c1ccc2c(c1)n(C)c(=O)c(=O)n2C. The van der Waals surface area contributed by atoms with E-state index in [0.717, 1.165) is 16.2 Å². The van der Waals surface area contributed by atoms with Crippen molar-refractivity contribution in [3.63, 3.8) is 0 Å². The molecule has 0 N–H and O–H groups in total. The van der Waals surface area contributed by atoms with Crippen LogP contribution in [-0.2, 0) is 28.9 Å². The number of aliphatic carboxylic acids is 1. The minimum Gasteiger partial charge on any atom is -0.549 e. The number of rotatable bonds is 4. The molecule has 1 heterocycles. The molecule has 9 nitrogen and oxygen atoms in total. The molecule has 1 aromatic heterocycles. The lowest BCUT2D eigenvalue weighted by atomic mass is 10.3. The van der Waals surface area contributed by atoms with Gasteiger partial charge in [-0.15, -0.1) is 0 Å². The van der Waals surface area contributed by atoms with E-state index in [9.17, 15) is 27.9 Å². The molecule has 0 atom stereocenters. The summed E-state index contributed by atoms with van der Waals surface area (Å²) >= 11 is 0. The van der Waals surface area contributed by atoms with Crippen molar-refractivity contribution in [2.45, 2.75) is 4.90 Å². The molecule has 0 fully saturated rings. The second kappa shape index (κ2) is 5.63. The predicted octanol–water partition coefficient (Wildman–Crippen LogP) is -2.39. The van der Waals surface area contributed by atoms with Crippen LogP contribution in [0, 0.1) is 0 Å². The van der Waals surface area contributed by atoms with Gasteiger partial charge >= 0.3 is 11.1 Å². The van der Waals surface area contributed by atoms with Crippen LogP contribution in [0.1, 0.15) is 0 Å². The average molecular weight is 340 g/mol. The molecule has 23 heavy (non-hydrogen) atoms. The van der Waals surface area contributed by atoms with Crippen molar-refractivity contribution in [3.8, 4) is 0 Å². The van der Waals surface area contributed by atoms with Gasteiger partial charge in [-0.3, -0.25) is 9.59 Å². The van der Waals surface area contributed by atoms with E-state index in [1.54, 1.807) is 0 Å². The maximum atomic E-state index is 12.3. The summed E-state index contributed by atoms with van der Waals surface area (Å²) in [6, 6.07) is 3.85. The molecule has 10 heteroatoms. The summed E-state index contributed by atoms with van der Waals surface area (Å²) in [5, 5.41) is 10.6. The number of carbonyl (C=O) groups is 1. The maximum Gasteiger partial charge on any atom is 0.316 e. The van der Waals surface area contributed by atoms with Gasteiger partial charge < -0.3 is 19.0 Å². The van der Waals surface area contributed by atoms with E-state index in [2.05, 4.69) is 0 Å². The Balaban J connectivity index is 2.73. The lowest BCUT2D eigenvalue weighted by molar-refractivity contribution is -0.305. The molecule has 0 amide bonds. The molecule has 2 aromatic rings. The third-order valence-electron chi connectivity index (χ3n) is 3.52. The number of benzene rings is 1. The third kappa shape index (κ3) is 2.78.